The number of carbonyl (C=O) groups is 4. The molecule has 1 aliphatic heterocycles. The average Bonchev–Trinajstić information content (AvgIpc) is 3.03. The zero-order chi connectivity index (χ0) is 19.9. The number of carboxylic acids is 2. The number of carbonyl (C=O) groups excluding carboxylic acids is 2. The van der Waals surface area contributed by atoms with Crippen LogP contribution in [0.2, 0.25) is 0 Å². The Morgan fingerprint density at radius 3 is 2.38 bits per heavy atom. The van der Waals surface area contributed by atoms with Crippen molar-refractivity contribution in [3.63, 3.8) is 0 Å². The summed E-state index contributed by atoms with van der Waals surface area (Å²) >= 11 is 0. The van der Waals surface area contributed by atoms with E-state index in [1.54, 1.807) is 11.9 Å². The van der Waals surface area contributed by atoms with Crippen molar-refractivity contribution in [1.82, 2.24) is 15.8 Å². The van der Waals surface area contributed by atoms with Crippen LogP contribution in [0.15, 0.2) is 0 Å². The number of nitrogens with one attached hydrogen (secondary N) is 2. The van der Waals surface area contributed by atoms with E-state index in [0.717, 1.165) is 0 Å². The van der Waals surface area contributed by atoms with Gasteiger partial charge in [-0.2, -0.15) is 0 Å². The fourth-order valence-corrected chi connectivity index (χ4v) is 2.85. The van der Waals surface area contributed by atoms with Crippen molar-refractivity contribution in [3.8, 4) is 0 Å². The van der Waals surface area contributed by atoms with Crippen molar-refractivity contribution < 1.29 is 29.4 Å². The molecule has 0 aromatic carbocycles. The fraction of sp³-hybridized carbons (Fsp3) is 0.750. The first kappa shape index (κ1) is 21.8. The predicted molar refractivity (Wildman–Crippen MR) is 91.7 cm³/mol. The largest absolute Gasteiger partial charge is 0.480 e. The predicted octanol–water partition coefficient (Wildman–Crippen LogP) is -0.710. The summed E-state index contributed by atoms with van der Waals surface area (Å²) in [4.78, 5) is 46.1. The number of hydrogen-bond acceptors (Lipinski definition) is 6. The van der Waals surface area contributed by atoms with Crippen molar-refractivity contribution in [1.29, 1.82) is 0 Å². The molecule has 1 heterocycles. The summed E-state index contributed by atoms with van der Waals surface area (Å²) in [6, 6.07) is -2.72. The molecule has 0 unspecified atom stereocenters. The lowest BCUT2D eigenvalue weighted by molar-refractivity contribution is -0.145. The van der Waals surface area contributed by atoms with Crippen LogP contribution >= 0.6 is 0 Å². The quantitative estimate of drug-likeness (QED) is 0.318. The van der Waals surface area contributed by atoms with Crippen LogP contribution in [0.5, 0.6) is 0 Å². The number of primary amides is 1. The maximum Gasteiger partial charge on any atom is 0.326 e. The van der Waals surface area contributed by atoms with Gasteiger partial charge in [0.25, 0.3) is 0 Å². The van der Waals surface area contributed by atoms with Crippen LogP contribution in [0.4, 0.5) is 0 Å². The van der Waals surface area contributed by atoms with Crippen LogP contribution < -0.4 is 16.5 Å². The molecule has 0 aromatic rings. The van der Waals surface area contributed by atoms with Gasteiger partial charge in [-0.25, -0.2) is 15.2 Å². The van der Waals surface area contributed by atoms with Crippen molar-refractivity contribution >= 4 is 23.8 Å². The van der Waals surface area contributed by atoms with Gasteiger partial charge >= 0.3 is 11.9 Å². The maximum atomic E-state index is 12.5. The molecule has 0 aromatic heterocycles. The number of carboxylic acid groups (broad SMARTS) is 2. The molecular formula is C16H28N4O6. The van der Waals surface area contributed by atoms with Crippen LogP contribution in [-0.4, -0.2) is 63.6 Å². The monoisotopic (exact) mass is 372 g/mol. The van der Waals surface area contributed by atoms with Crippen molar-refractivity contribution in [3.05, 3.63) is 0 Å². The highest BCUT2D eigenvalue weighted by Gasteiger charge is 2.36. The highest BCUT2D eigenvalue weighted by molar-refractivity contribution is 5.87. The third kappa shape index (κ3) is 6.26. The lowest BCUT2D eigenvalue weighted by Crippen LogP contribution is -2.57. The molecule has 0 saturated carbocycles. The second-order valence-electron chi connectivity index (χ2n) is 6.59. The molecule has 148 valence electrons. The minimum atomic E-state index is -1.25. The Labute approximate surface area is 152 Å². The van der Waals surface area contributed by atoms with E-state index in [1.165, 1.54) is 0 Å². The number of hydrazine groups is 1. The molecular weight excluding hydrogens is 344 g/mol. The van der Waals surface area contributed by atoms with Crippen LogP contribution in [0.1, 0.15) is 46.0 Å². The van der Waals surface area contributed by atoms with Gasteiger partial charge in [0.1, 0.15) is 18.1 Å². The van der Waals surface area contributed by atoms with Crippen molar-refractivity contribution in [2.75, 3.05) is 6.54 Å². The zero-order valence-corrected chi connectivity index (χ0v) is 15.1. The molecule has 1 fully saturated rings. The van der Waals surface area contributed by atoms with E-state index in [9.17, 15) is 29.4 Å². The molecule has 4 atom stereocenters. The van der Waals surface area contributed by atoms with E-state index >= 15 is 0 Å². The summed E-state index contributed by atoms with van der Waals surface area (Å²) in [7, 11) is 0. The van der Waals surface area contributed by atoms with Gasteiger partial charge < -0.3 is 21.3 Å². The average molecular weight is 372 g/mol. The summed E-state index contributed by atoms with van der Waals surface area (Å²) in [5, 5.41) is 22.6. The van der Waals surface area contributed by atoms with Gasteiger partial charge in [-0.15, -0.1) is 0 Å². The number of hydrogen-bond donors (Lipinski definition) is 5. The topological polar surface area (TPSA) is 162 Å². The van der Waals surface area contributed by atoms with Crippen LogP contribution in [0, 0.1) is 5.92 Å². The highest BCUT2D eigenvalue weighted by Crippen LogP contribution is 2.18. The summed E-state index contributed by atoms with van der Waals surface area (Å²) in [5.74, 6) is -3.55. The Hall–Kier alpha value is -2.20. The summed E-state index contributed by atoms with van der Waals surface area (Å²) in [5.41, 5.74) is 7.92. The van der Waals surface area contributed by atoms with E-state index in [-0.39, 0.29) is 18.8 Å². The summed E-state index contributed by atoms with van der Waals surface area (Å²) < 4.78 is 0. The van der Waals surface area contributed by atoms with Crippen LogP contribution in [0.3, 0.4) is 0 Å². The number of nitrogens with two attached hydrogens (primary N) is 1. The fourth-order valence-electron chi connectivity index (χ4n) is 2.85. The first-order chi connectivity index (χ1) is 12.2. The molecule has 26 heavy (non-hydrogen) atoms. The Bertz CT molecular complexity index is 541. The molecule has 0 spiro atoms. The van der Waals surface area contributed by atoms with Gasteiger partial charge in [-0.05, 0) is 25.2 Å². The molecule has 10 heteroatoms. The molecule has 0 radical (unpaired) electrons. The van der Waals surface area contributed by atoms with Crippen molar-refractivity contribution in [2.45, 2.75) is 64.1 Å². The van der Waals surface area contributed by atoms with Crippen LogP contribution in [0.25, 0.3) is 0 Å². The molecule has 0 bridgehead atoms. The third-order valence-electron chi connectivity index (χ3n) is 4.63. The molecule has 6 N–H and O–H groups in total. The Morgan fingerprint density at radius 2 is 1.88 bits per heavy atom. The standard InChI is InChI=1S/C16H28N4O6/c1-3-9(2)13(16(25)26)19-20-8-4-5-11(20)14(22)18-10(15(23)24)6-7-12(17)21/h9-11,13,19H,3-8H2,1-2H3,(H2,17,21)(H,18,22)(H,23,24)(H,25,26)/t9-,10-,11-,13-/m0/s1. The molecule has 1 rings (SSSR count). The summed E-state index contributed by atoms with van der Waals surface area (Å²) in [6.45, 7) is 4.17. The first-order valence-electron chi connectivity index (χ1n) is 8.74. The molecule has 0 aliphatic carbocycles. The van der Waals surface area contributed by atoms with Gasteiger partial charge in [-0.3, -0.25) is 14.4 Å². The van der Waals surface area contributed by atoms with Gasteiger partial charge in [0.2, 0.25) is 11.8 Å². The summed E-state index contributed by atoms with van der Waals surface area (Å²) in [6.07, 6.45) is 1.56. The number of amides is 2. The highest BCUT2D eigenvalue weighted by atomic mass is 16.4. The van der Waals surface area contributed by atoms with Gasteiger partial charge in [0, 0.05) is 13.0 Å². The van der Waals surface area contributed by atoms with Gasteiger partial charge in [0.05, 0.1) is 0 Å². The first-order valence-corrected chi connectivity index (χ1v) is 8.74. The Morgan fingerprint density at radius 1 is 1.23 bits per heavy atom. The second kappa shape index (κ2) is 10.1. The lowest BCUT2D eigenvalue weighted by Gasteiger charge is -2.30. The lowest BCUT2D eigenvalue weighted by atomic mass is 10.00. The minimum Gasteiger partial charge on any atom is -0.480 e. The second-order valence-corrected chi connectivity index (χ2v) is 6.59. The smallest absolute Gasteiger partial charge is 0.326 e. The van der Waals surface area contributed by atoms with E-state index < -0.39 is 41.9 Å². The van der Waals surface area contributed by atoms with Crippen molar-refractivity contribution in [2.24, 2.45) is 11.7 Å². The van der Waals surface area contributed by atoms with Crippen LogP contribution in [-0.2, 0) is 19.2 Å². The van der Waals surface area contributed by atoms with Gasteiger partial charge in [-0.1, -0.05) is 20.3 Å². The molecule has 2 amide bonds. The number of rotatable bonds is 11. The zero-order valence-electron chi connectivity index (χ0n) is 15.1. The van der Waals surface area contributed by atoms with E-state index in [4.69, 9.17) is 5.73 Å². The molecule has 1 aliphatic rings. The Balaban J connectivity index is 2.75. The van der Waals surface area contributed by atoms with E-state index in [2.05, 4.69) is 10.7 Å². The minimum absolute atomic E-state index is 0.0961. The maximum absolute atomic E-state index is 12.5. The van der Waals surface area contributed by atoms with E-state index in [0.29, 0.717) is 25.8 Å². The SMILES string of the molecule is CC[C@H](C)[C@H](NN1CCC[C@H]1C(=O)N[C@@H](CCC(N)=O)C(=O)O)C(=O)O. The number of aliphatic carboxylic acids is 2. The van der Waals surface area contributed by atoms with Gasteiger partial charge in [0.15, 0.2) is 0 Å². The third-order valence-corrected chi connectivity index (χ3v) is 4.63. The molecule has 10 nitrogen and oxygen atoms in total. The van der Waals surface area contributed by atoms with E-state index in [1.807, 2.05) is 6.92 Å². The number of nitrogens with zero attached hydrogens (tertiary/aromatic N) is 1. The normalized spacial score (nSPS) is 20.9. The molecule has 1 saturated heterocycles. The Kier molecular flexibility index (Phi) is 8.46.